The van der Waals surface area contributed by atoms with Crippen molar-refractivity contribution in [3.63, 3.8) is 0 Å². The number of rotatable bonds is 6. The first-order chi connectivity index (χ1) is 15.1. The molecule has 0 saturated heterocycles. The Kier molecular flexibility index (Phi) is 7.42. The minimum Gasteiger partial charge on any atom is -0.423 e. The van der Waals surface area contributed by atoms with E-state index < -0.39 is 5.97 Å². The second-order valence-corrected chi connectivity index (χ2v) is 9.65. The molecule has 2 aliphatic rings. The molecular formula is C28H35FO2. The van der Waals surface area contributed by atoms with Crippen molar-refractivity contribution in [2.24, 2.45) is 17.8 Å². The number of carbonyl (C=O) groups excluding carboxylic acids is 1. The van der Waals surface area contributed by atoms with Gasteiger partial charge in [0.15, 0.2) is 0 Å². The number of hydrogen-bond donors (Lipinski definition) is 0. The second-order valence-electron chi connectivity index (χ2n) is 9.65. The molecule has 0 amide bonds. The molecular weight excluding hydrogens is 387 g/mol. The van der Waals surface area contributed by atoms with Gasteiger partial charge in [0.05, 0.1) is 5.56 Å². The Morgan fingerprint density at radius 3 is 2.00 bits per heavy atom. The highest BCUT2D eigenvalue weighted by atomic mass is 19.1. The molecule has 3 heteroatoms. The Morgan fingerprint density at radius 1 is 0.839 bits per heavy atom. The van der Waals surface area contributed by atoms with Crippen molar-refractivity contribution in [3.8, 4) is 5.75 Å². The molecule has 0 unspecified atom stereocenters. The van der Waals surface area contributed by atoms with E-state index in [1.165, 1.54) is 94.0 Å². The maximum Gasteiger partial charge on any atom is 0.343 e. The van der Waals surface area contributed by atoms with Crippen LogP contribution in [0.4, 0.5) is 4.39 Å². The van der Waals surface area contributed by atoms with Crippen LogP contribution in [0.1, 0.15) is 93.0 Å². The van der Waals surface area contributed by atoms with Gasteiger partial charge in [-0.2, -0.15) is 0 Å². The van der Waals surface area contributed by atoms with Crippen LogP contribution in [-0.4, -0.2) is 5.97 Å². The third kappa shape index (κ3) is 5.75. The third-order valence-corrected chi connectivity index (χ3v) is 7.67. The molecule has 2 nitrogen and oxygen atoms in total. The van der Waals surface area contributed by atoms with Gasteiger partial charge in [-0.1, -0.05) is 44.7 Å². The summed E-state index contributed by atoms with van der Waals surface area (Å²) in [5.74, 6) is 3.22. The van der Waals surface area contributed by atoms with Crippen LogP contribution in [0, 0.1) is 23.6 Å². The maximum absolute atomic E-state index is 13.0. The zero-order chi connectivity index (χ0) is 21.6. The van der Waals surface area contributed by atoms with Gasteiger partial charge in [0.1, 0.15) is 11.6 Å². The Bertz CT molecular complexity index is 826. The van der Waals surface area contributed by atoms with Gasteiger partial charge in [0.2, 0.25) is 0 Å². The number of halogens is 1. The number of ether oxygens (including phenoxy) is 1. The molecule has 0 atom stereocenters. The summed E-state index contributed by atoms with van der Waals surface area (Å²) in [6.07, 6.45) is 13.8. The van der Waals surface area contributed by atoms with E-state index in [1.54, 1.807) is 0 Å². The van der Waals surface area contributed by atoms with E-state index in [0.29, 0.717) is 17.2 Å². The van der Waals surface area contributed by atoms with Crippen LogP contribution < -0.4 is 4.74 Å². The molecule has 2 aromatic carbocycles. The van der Waals surface area contributed by atoms with Crippen LogP contribution in [0.25, 0.3) is 0 Å². The average Bonchev–Trinajstić information content (AvgIpc) is 2.81. The fraction of sp³-hybridized carbons (Fsp3) is 0.536. The Morgan fingerprint density at radius 2 is 1.42 bits per heavy atom. The van der Waals surface area contributed by atoms with Crippen LogP contribution in [0.3, 0.4) is 0 Å². The lowest BCUT2D eigenvalue weighted by Crippen LogP contribution is -2.25. The fourth-order valence-electron chi connectivity index (χ4n) is 5.84. The molecule has 2 saturated carbocycles. The van der Waals surface area contributed by atoms with Gasteiger partial charge < -0.3 is 4.74 Å². The lowest BCUT2D eigenvalue weighted by molar-refractivity contribution is 0.0734. The lowest BCUT2D eigenvalue weighted by Gasteiger charge is -2.38. The Hall–Kier alpha value is -2.16. The Balaban J connectivity index is 1.26. The van der Waals surface area contributed by atoms with Crippen LogP contribution in [0.15, 0.2) is 48.5 Å². The zero-order valence-electron chi connectivity index (χ0n) is 18.7. The minimum absolute atomic E-state index is 0.354. The molecule has 0 radical (unpaired) electrons. The summed E-state index contributed by atoms with van der Waals surface area (Å²) in [5, 5.41) is 0. The number of benzene rings is 2. The molecule has 2 aromatic rings. The summed E-state index contributed by atoms with van der Waals surface area (Å²) in [6.45, 7) is 2.31. The highest BCUT2D eigenvalue weighted by Crippen LogP contribution is 2.44. The smallest absolute Gasteiger partial charge is 0.343 e. The van der Waals surface area contributed by atoms with Gasteiger partial charge in [0, 0.05) is 0 Å². The van der Waals surface area contributed by atoms with Gasteiger partial charge in [0.25, 0.3) is 0 Å². The summed E-state index contributed by atoms with van der Waals surface area (Å²) >= 11 is 0. The minimum atomic E-state index is -0.457. The number of esters is 1. The van der Waals surface area contributed by atoms with Crippen molar-refractivity contribution in [3.05, 3.63) is 65.5 Å². The van der Waals surface area contributed by atoms with E-state index in [1.807, 2.05) is 12.1 Å². The highest BCUT2D eigenvalue weighted by Gasteiger charge is 2.31. The molecule has 2 aliphatic carbocycles. The van der Waals surface area contributed by atoms with Crippen molar-refractivity contribution >= 4 is 5.97 Å². The second kappa shape index (κ2) is 10.4. The molecule has 0 N–H and O–H groups in total. The third-order valence-electron chi connectivity index (χ3n) is 7.67. The predicted molar refractivity (Wildman–Crippen MR) is 123 cm³/mol. The van der Waals surface area contributed by atoms with Crippen molar-refractivity contribution in [1.82, 2.24) is 0 Å². The lowest BCUT2D eigenvalue weighted by atomic mass is 9.68. The molecule has 166 valence electrons. The Labute approximate surface area is 186 Å². The van der Waals surface area contributed by atoms with E-state index in [9.17, 15) is 9.18 Å². The summed E-state index contributed by atoms with van der Waals surface area (Å²) in [7, 11) is 0. The number of carbonyl (C=O) groups is 1. The molecule has 0 heterocycles. The van der Waals surface area contributed by atoms with Gasteiger partial charge >= 0.3 is 5.97 Å². The van der Waals surface area contributed by atoms with E-state index in [4.69, 9.17) is 4.74 Å². The van der Waals surface area contributed by atoms with Gasteiger partial charge in [-0.25, -0.2) is 9.18 Å². The summed E-state index contributed by atoms with van der Waals surface area (Å²) in [4.78, 5) is 12.2. The summed E-state index contributed by atoms with van der Waals surface area (Å²) < 4.78 is 18.5. The monoisotopic (exact) mass is 422 g/mol. The van der Waals surface area contributed by atoms with Crippen LogP contribution >= 0.6 is 0 Å². The van der Waals surface area contributed by atoms with Crippen molar-refractivity contribution < 1.29 is 13.9 Å². The largest absolute Gasteiger partial charge is 0.423 e. The highest BCUT2D eigenvalue weighted by molar-refractivity contribution is 5.90. The quantitative estimate of drug-likeness (QED) is 0.349. The molecule has 0 bridgehead atoms. The van der Waals surface area contributed by atoms with E-state index in [-0.39, 0.29) is 5.82 Å². The first-order valence-corrected chi connectivity index (χ1v) is 12.2. The van der Waals surface area contributed by atoms with E-state index in [0.717, 1.165) is 17.8 Å². The molecule has 0 aliphatic heterocycles. The molecule has 0 aromatic heterocycles. The van der Waals surface area contributed by atoms with Crippen LogP contribution in [-0.2, 0) is 0 Å². The van der Waals surface area contributed by atoms with E-state index in [2.05, 4.69) is 19.1 Å². The molecule has 2 fully saturated rings. The number of hydrogen-bond acceptors (Lipinski definition) is 2. The van der Waals surface area contributed by atoms with Gasteiger partial charge in [-0.15, -0.1) is 0 Å². The molecule has 0 spiro atoms. The molecule has 4 rings (SSSR count). The van der Waals surface area contributed by atoms with Crippen molar-refractivity contribution in [1.29, 1.82) is 0 Å². The van der Waals surface area contributed by atoms with Crippen molar-refractivity contribution in [2.75, 3.05) is 0 Å². The first-order valence-electron chi connectivity index (χ1n) is 12.2. The normalized spacial score (nSPS) is 26.4. The molecule has 31 heavy (non-hydrogen) atoms. The summed E-state index contributed by atoms with van der Waals surface area (Å²) in [6, 6.07) is 13.4. The predicted octanol–water partition coefficient (Wildman–Crippen LogP) is 7.93. The van der Waals surface area contributed by atoms with Gasteiger partial charge in [-0.3, -0.25) is 0 Å². The van der Waals surface area contributed by atoms with E-state index >= 15 is 0 Å². The zero-order valence-corrected chi connectivity index (χ0v) is 18.7. The van der Waals surface area contributed by atoms with Crippen LogP contribution in [0.5, 0.6) is 5.75 Å². The van der Waals surface area contributed by atoms with Crippen molar-refractivity contribution in [2.45, 2.75) is 77.0 Å². The van der Waals surface area contributed by atoms with Crippen LogP contribution in [0.2, 0.25) is 0 Å². The average molecular weight is 423 g/mol. The fourth-order valence-corrected chi connectivity index (χ4v) is 5.84. The SMILES string of the molecule is CCC[C@H]1CC[C@H](C2CCC(c3ccc(OC(=O)c4ccc(F)cc4)cc3)CC2)CC1. The topological polar surface area (TPSA) is 26.3 Å². The summed E-state index contributed by atoms with van der Waals surface area (Å²) in [5.41, 5.74) is 1.71. The standard InChI is InChI=1S/C28H35FO2/c1-2-3-20-4-6-21(7-5-20)22-8-10-23(11-9-22)24-14-18-27(19-15-24)31-28(30)25-12-16-26(29)17-13-25/h12-23H,2-11H2,1H3/t20-,21-,22?,23?. The maximum atomic E-state index is 13.0. The first kappa shape index (κ1) is 22.0. The van der Waals surface area contributed by atoms with Gasteiger partial charge in [-0.05, 0) is 104 Å².